The van der Waals surface area contributed by atoms with Crippen LogP contribution in [-0.4, -0.2) is 5.11 Å². The lowest BCUT2D eigenvalue weighted by atomic mass is 9.97. The maximum absolute atomic E-state index is 13.2. The average Bonchev–Trinajstić information content (AvgIpc) is 2.66. The number of para-hydroxylation sites is 2. The molecule has 3 aromatic carbocycles. The highest BCUT2D eigenvalue weighted by Gasteiger charge is 2.17. The van der Waals surface area contributed by atoms with E-state index in [1.54, 1.807) is 24.3 Å². The molecule has 0 atom stereocenters. The summed E-state index contributed by atoms with van der Waals surface area (Å²) in [5.74, 6) is 0.729. The normalized spacial score (nSPS) is 11.0. The third-order valence-electron chi connectivity index (χ3n) is 4.56. The second-order valence-electron chi connectivity index (χ2n) is 6.41. The molecule has 0 unspecified atom stereocenters. The fraction of sp³-hybridized carbons (Fsp3) is 0.0870. The lowest BCUT2D eigenvalue weighted by Crippen LogP contribution is -2.12. The van der Waals surface area contributed by atoms with Crippen LogP contribution in [-0.2, 0) is 6.42 Å². The number of phenolic OH excluding ortho intramolecular Hbond substituents is 1. The molecule has 4 aromatic rings. The highest BCUT2D eigenvalue weighted by atomic mass is 16.3. The topological polar surface area (TPSA) is 50.4 Å². The summed E-state index contributed by atoms with van der Waals surface area (Å²) >= 11 is 0. The van der Waals surface area contributed by atoms with Crippen molar-refractivity contribution in [1.29, 1.82) is 0 Å². The summed E-state index contributed by atoms with van der Waals surface area (Å²) in [7, 11) is 0. The standard InChI is InChI=1S/C23H18O3/c1-15-10-12-16(13-11-15)23-19(14-17-6-2-4-8-20(17)24)22(25)18-7-3-5-9-21(18)26-23/h2-13,24H,14H2,1H3. The smallest absolute Gasteiger partial charge is 0.196 e. The summed E-state index contributed by atoms with van der Waals surface area (Å²) in [4.78, 5) is 13.2. The Balaban J connectivity index is 1.98. The zero-order valence-electron chi connectivity index (χ0n) is 14.4. The van der Waals surface area contributed by atoms with Crippen molar-refractivity contribution >= 4 is 11.0 Å². The molecule has 1 aromatic heterocycles. The maximum atomic E-state index is 13.2. The Hall–Kier alpha value is -3.33. The number of aromatic hydroxyl groups is 1. The Morgan fingerprint density at radius 3 is 2.35 bits per heavy atom. The van der Waals surface area contributed by atoms with Crippen LogP contribution in [0.1, 0.15) is 16.7 Å². The summed E-state index contributed by atoms with van der Waals surface area (Å²) in [6.07, 6.45) is 0.309. The van der Waals surface area contributed by atoms with Crippen LogP contribution in [0.15, 0.2) is 82.0 Å². The summed E-state index contributed by atoms with van der Waals surface area (Å²) in [5.41, 5.74) is 3.74. The van der Waals surface area contributed by atoms with Crippen molar-refractivity contribution in [3.8, 4) is 17.1 Å². The van der Waals surface area contributed by atoms with Gasteiger partial charge in [0.2, 0.25) is 0 Å². The third-order valence-corrected chi connectivity index (χ3v) is 4.56. The minimum atomic E-state index is -0.0642. The van der Waals surface area contributed by atoms with Crippen molar-refractivity contribution in [3.63, 3.8) is 0 Å². The molecular formula is C23H18O3. The number of hydrogen-bond donors (Lipinski definition) is 1. The zero-order chi connectivity index (χ0) is 18.1. The van der Waals surface area contributed by atoms with Crippen molar-refractivity contribution in [2.24, 2.45) is 0 Å². The summed E-state index contributed by atoms with van der Waals surface area (Å²) in [6.45, 7) is 2.02. The first-order valence-corrected chi connectivity index (χ1v) is 8.52. The van der Waals surface area contributed by atoms with E-state index in [2.05, 4.69) is 0 Å². The van der Waals surface area contributed by atoms with Crippen LogP contribution < -0.4 is 5.43 Å². The van der Waals surface area contributed by atoms with Crippen LogP contribution >= 0.6 is 0 Å². The molecule has 0 bridgehead atoms. The average molecular weight is 342 g/mol. The summed E-state index contributed by atoms with van der Waals surface area (Å²) in [5, 5.41) is 10.7. The van der Waals surface area contributed by atoms with E-state index in [0.717, 1.165) is 11.1 Å². The lowest BCUT2D eigenvalue weighted by molar-refractivity contribution is 0.469. The Morgan fingerprint density at radius 2 is 1.58 bits per heavy atom. The molecule has 0 radical (unpaired) electrons. The minimum absolute atomic E-state index is 0.0642. The molecule has 1 heterocycles. The van der Waals surface area contributed by atoms with Crippen molar-refractivity contribution in [2.75, 3.05) is 0 Å². The Labute approximate surface area is 151 Å². The maximum Gasteiger partial charge on any atom is 0.196 e. The molecule has 3 nitrogen and oxygen atoms in total. The van der Waals surface area contributed by atoms with E-state index in [4.69, 9.17) is 4.42 Å². The van der Waals surface area contributed by atoms with Gasteiger partial charge in [-0.25, -0.2) is 0 Å². The summed E-state index contributed by atoms with van der Waals surface area (Å²) in [6, 6.07) is 22.2. The van der Waals surface area contributed by atoms with Crippen molar-refractivity contribution in [3.05, 3.63) is 99.7 Å². The van der Waals surface area contributed by atoms with E-state index in [9.17, 15) is 9.90 Å². The largest absolute Gasteiger partial charge is 0.508 e. The van der Waals surface area contributed by atoms with Gasteiger partial charge in [-0.05, 0) is 30.7 Å². The molecule has 0 saturated carbocycles. The first-order chi connectivity index (χ1) is 12.6. The number of phenols is 1. The van der Waals surface area contributed by atoms with E-state index >= 15 is 0 Å². The number of hydrogen-bond acceptors (Lipinski definition) is 3. The number of benzene rings is 3. The molecule has 0 amide bonds. The Morgan fingerprint density at radius 1 is 0.885 bits per heavy atom. The molecule has 0 fully saturated rings. The first-order valence-electron chi connectivity index (χ1n) is 8.52. The van der Waals surface area contributed by atoms with Crippen LogP contribution in [0.25, 0.3) is 22.3 Å². The predicted molar refractivity (Wildman–Crippen MR) is 104 cm³/mol. The molecular weight excluding hydrogens is 324 g/mol. The first kappa shape index (κ1) is 16.2. The second-order valence-corrected chi connectivity index (χ2v) is 6.41. The van der Waals surface area contributed by atoms with Crippen LogP contribution in [0, 0.1) is 6.92 Å². The SMILES string of the molecule is Cc1ccc(-c2oc3ccccc3c(=O)c2Cc2ccccc2O)cc1. The molecule has 1 N–H and O–H groups in total. The van der Waals surface area contributed by atoms with E-state index in [1.165, 1.54) is 0 Å². The fourth-order valence-corrected chi connectivity index (χ4v) is 3.13. The quantitative estimate of drug-likeness (QED) is 0.566. The van der Waals surface area contributed by atoms with Gasteiger partial charge >= 0.3 is 0 Å². The van der Waals surface area contributed by atoms with Gasteiger partial charge < -0.3 is 9.52 Å². The van der Waals surface area contributed by atoms with E-state index in [-0.39, 0.29) is 11.2 Å². The van der Waals surface area contributed by atoms with Gasteiger partial charge in [0.15, 0.2) is 5.43 Å². The minimum Gasteiger partial charge on any atom is -0.508 e. The van der Waals surface area contributed by atoms with Gasteiger partial charge in [-0.15, -0.1) is 0 Å². The number of rotatable bonds is 3. The van der Waals surface area contributed by atoms with Gasteiger partial charge in [0.1, 0.15) is 17.1 Å². The highest BCUT2D eigenvalue weighted by molar-refractivity contribution is 5.80. The molecule has 26 heavy (non-hydrogen) atoms. The van der Waals surface area contributed by atoms with Crippen molar-refractivity contribution in [1.82, 2.24) is 0 Å². The lowest BCUT2D eigenvalue weighted by Gasteiger charge is -2.11. The molecule has 3 heteroatoms. The molecule has 0 spiro atoms. The zero-order valence-corrected chi connectivity index (χ0v) is 14.4. The van der Waals surface area contributed by atoms with Crippen molar-refractivity contribution < 1.29 is 9.52 Å². The van der Waals surface area contributed by atoms with Gasteiger partial charge in [0, 0.05) is 17.5 Å². The van der Waals surface area contributed by atoms with E-state index in [0.29, 0.717) is 34.3 Å². The molecule has 0 saturated heterocycles. The predicted octanol–water partition coefficient (Wildman–Crippen LogP) is 5.06. The Kier molecular flexibility index (Phi) is 4.05. The van der Waals surface area contributed by atoms with Gasteiger partial charge in [0.05, 0.1) is 5.39 Å². The van der Waals surface area contributed by atoms with Gasteiger partial charge in [-0.1, -0.05) is 60.2 Å². The molecule has 4 rings (SSSR count). The van der Waals surface area contributed by atoms with Crippen LogP contribution in [0.4, 0.5) is 0 Å². The summed E-state index contributed by atoms with van der Waals surface area (Å²) < 4.78 is 6.13. The molecule has 0 aliphatic rings. The monoisotopic (exact) mass is 342 g/mol. The van der Waals surface area contributed by atoms with Crippen LogP contribution in [0.2, 0.25) is 0 Å². The van der Waals surface area contributed by atoms with E-state index in [1.807, 2.05) is 55.5 Å². The third kappa shape index (κ3) is 2.88. The number of fused-ring (bicyclic) bond motifs is 1. The highest BCUT2D eigenvalue weighted by Crippen LogP contribution is 2.29. The van der Waals surface area contributed by atoms with Gasteiger partial charge in [0.25, 0.3) is 0 Å². The van der Waals surface area contributed by atoms with E-state index < -0.39 is 0 Å². The number of aryl methyl sites for hydroxylation is 1. The van der Waals surface area contributed by atoms with Gasteiger partial charge in [-0.2, -0.15) is 0 Å². The molecule has 128 valence electrons. The fourth-order valence-electron chi connectivity index (χ4n) is 3.13. The van der Waals surface area contributed by atoms with Crippen LogP contribution in [0.5, 0.6) is 5.75 Å². The van der Waals surface area contributed by atoms with Crippen molar-refractivity contribution in [2.45, 2.75) is 13.3 Å². The molecule has 0 aliphatic heterocycles. The Bertz CT molecular complexity index is 1140. The molecule has 0 aliphatic carbocycles. The van der Waals surface area contributed by atoms with Gasteiger partial charge in [-0.3, -0.25) is 4.79 Å². The van der Waals surface area contributed by atoms with Crippen LogP contribution in [0.3, 0.4) is 0 Å². The second kappa shape index (κ2) is 6.52.